The topological polar surface area (TPSA) is 59.0 Å². The van der Waals surface area contributed by atoms with Crippen LogP contribution in [-0.2, 0) is 4.79 Å². The standard InChI is InChI=1S/C21H23ClFNO4/c1-14-6-7-15(22)20(12-14)27-13-21(26)24-10-8-17(25)19(9-11-24)28-18-5-3-2-4-16(18)23/h2-7,12,17,19,25H,8-11,13H2,1H3/t17-,19-/m0/s1. The van der Waals surface area contributed by atoms with Crippen LogP contribution in [0.3, 0.4) is 0 Å². The number of likely N-dealkylation sites (tertiary alicyclic amines) is 1. The Hall–Kier alpha value is -2.31. The van der Waals surface area contributed by atoms with Gasteiger partial charge < -0.3 is 19.5 Å². The fourth-order valence-corrected chi connectivity index (χ4v) is 3.28. The van der Waals surface area contributed by atoms with E-state index in [4.69, 9.17) is 21.1 Å². The number of carbonyl (C=O) groups is 1. The Labute approximate surface area is 168 Å². The van der Waals surface area contributed by atoms with Crippen molar-refractivity contribution in [1.29, 1.82) is 0 Å². The van der Waals surface area contributed by atoms with Gasteiger partial charge in [0.1, 0.15) is 11.9 Å². The van der Waals surface area contributed by atoms with Gasteiger partial charge in [0.15, 0.2) is 18.2 Å². The van der Waals surface area contributed by atoms with Crippen molar-refractivity contribution in [3.8, 4) is 11.5 Å². The lowest BCUT2D eigenvalue weighted by molar-refractivity contribution is -0.133. The third-order valence-electron chi connectivity index (χ3n) is 4.71. The zero-order valence-electron chi connectivity index (χ0n) is 15.6. The summed E-state index contributed by atoms with van der Waals surface area (Å²) in [4.78, 5) is 14.1. The van der Waals surface area contributed by atoms with E-state index in [0.29, 0.717) is 36.7 Å². The van der Waals surface area contributed by atoms with E-state index >= 15 is 0 Å². The number of hydrogen-bond acceptors (Lipinski definition) is 4. The SMILES string of the molecule is Cc1ccc(Cl)c(OCC(=O)N2CC[C@H](Oc3ccccc3F)[C@@H](O)CC2)c1. The van der Waals surface area contributed by atoms with E-state index in [1.54, 1.807) is 29.2 Å². The van der Waals surface area contributed by atoms with Gasteiger partial charge in [-0.1, -0.05) is 29.8 Å². The molecule has 2 atom stereocenters. The molecule has 7 heteroatoms. The maximum atomic E-state index is 13.8. The zero-order valence-corrected chi connectivity index (χ0v) is 16.4. The van der Waals surface area contributed by atoms with Crippen molar-refractivity contribution in [1.82, 2.24) is 4.90 Å². The highest BCUT2D eigenvalue weighted by molar-refractivity contribution is 6.32. The van der Waals surface area contributed by atoms with Crippen molar-refractivity contribution < 1.29 is 23.8 Å². The van der Waals surface area contributed by atoms with Gasteiger partial charge in [0.25, 0.3) is 5.91 Å². The second-order valence-electron chi connectivity index (χ2n) is 6.83. The number of hydrogen-bond donors (Lipinski definition) is 1. The number of para-hydroxylation sites is 1. The molecule has 0 spiro atoms. The Bertz CT molecular complexity index is 832. The highest BCUT2D eigenvalue weighted by Gasteiger charge is 2.29. The molecule has 0 unspecified atom stereocenters. The van der Waals surface area contributed by atoms with Gasteiger partial charge >= 0.3 is 0 Å². The second-order valence-corrected chi connectivity index (χ2v) is 7.24. The smallest absolute Gasteiger partial charge is 0.260 e. The van der Waals surface area contributed by atoms with Crippen molar-refractivity contribution in [3.63, 3.8) is 0 Å². The van der Waals surface area contributed by atoms with Crippen LogP contribution in [0, 0.1) is 12.7 Å². The van der Waals surface area contributed by atoms with Crippen molar-refractivity contribution >= 4 is 17.5 Å². The number of carbonyl (C=O) groups excluding carboxylic acids is 1. The van der Waals surface area contributed by atoms with Gasteiger partial charge in [-0.25, -0.2) is 4.39 Å². The first-order valence-electron chi connectivity index (χ1n) is 9.20. The molecule has 0 saturated carbocycles. The Kier molecular flexibility index (Phi) is 6.75. The second kappa shape index (κ2) is 9.26. The number of nitrogens with zero attached hydrogens (tertiary/aromatic N) is 1. The lowest BCUT2D eigenvalue weighted by Gasteiger charge is -2.22. The third kappa shape index (κ3) is 5.14. The summed E-state index contributed by atoms with van der Waals surface area (Å²) in [6.07, 6.45) is -0.631. The van der Waals surface area contributed by atoms with Crippen LogP contribution < -0.4 is 9.47 Å². The predicted molar refractivity (Wildman–Crippen MR) is 104 cm³/mol. The molecule has 1 aliphatic heterocycles. The van der Waals surface area contributed by atoms with Gasteiger partial charge in [-0.15, -0.1) is 0 Å². The number of ether oxygens (including phenoxy) is 2. The summed E-state index contributed by atoms with van der Waals surface area (Å²) in [6.45, 7) is 2.54. The van der Waals surface area contributed by atoms with Crippen LogP contribution in [0.15, 0.2) is 42.5 Å². The maximum Gasteiger partial charge on any atom is 0.260 e. The van der Waals surface area contributed by atoms with Crippen LogP contribution in [0.25, 0.3) is 0 Å². The molecule has 1 aliphatic rings. The number of rotatable bonds is 5. The van der Waals surface area contributed by atoms with E-state index < -0.39 is 18.0 Å². The minimum Gasteiger partial charge on any atom is -0.485 e. The molecule has 1 saturated heterocycles. The molecule has 5 nitrogen and oxygen atoms in total. The van der Waals surface area contributed by atoms with E-state index in [1.165, 1.54) is 12.1 Å². The number of aliphatic hydroxyl groups excluding tert-OH is 1. The Morgan fingerprint density at radius 3 is 2.75 bits per heavy atom. The number of halogens is 2. The van der Waals surface area contributed by atoms with Crippen LogP contribution >= 0.6 is 11.6 Å². The average molecular weight is 408 g/mol. The first kappa shape index (κ1) is 20.4. The summed E-state index contributed by atoms with van der Waals surface area (Å²) in [5.41, 5.74) is 0.984. The van der Waals surface area contributed by atoms with E-state index in [1.807, 2.05) is 13.0 Å². The largest absolute Gasteiger partial charge is 0.485 e. The van der Waals surface area contributed by atoms with E-state index in [2.05, 4.69) is 0 Å². The Morgan fingerprint density at radius 1 is 1.21 bits per heavy atom. The molecule has 0 aromatic heterocycles. The van der Waals surface area contributed by atoms with Gasteiger partial charge in [-0.3, -0.25) is 4.79 Å². The molecular weight excluding hydrogens is 385 g/mol. The number of benzene rings is 2. The van der Waals surface area contributed by atoms with Crippen LogP contribution in [0.2, 0.25) is 5.02 Å². The van der Waals surface area contributed by atoms with Crippen LogP contribution in [0.5, 0.6) is 11.5 Å². The molecule has 3 rings (SSSR count). The summed E-state index contributed by atoms with van der Waals surface area (Å²) >= 11 is 6.09. The summed E-state index contributed by atoms with van der Waals surface area (Å²) in [7, 11) is 0. The quantitative estimate of drug-likeness (QED) is 0.822. The molecule has 150 valence electrons. The highest BCUT2D eigenvalue weighted by Crippen LogP contribution is 2.26. The van der Waals surface area contributed by atoms with Gasteiger partial charge in [-0.2, -0.15) is 0 Å². The van der Waals surface area contributed by atoms with Crippen molar-refractivity contribution in [2.24, 2.45) is 0 Å². The third-order valence-corrected chi connectivity index (χ3v) is 5.03. The monoisotopic (exact) mass is 407 g/mol. The minimum absolute atomic E-state index is 0.101. The normalized spacial score (nSPS) is 19.8. The first-order chi connectivity index (χ1) is 13.4. The molecule has 28 heavy (non-hydrogen) atoms. The van der Waals surface area contributed by atoms with E-state index in [-0.39, 0.29) is 18.3 Å². The van der Waals surface area contributed by atoms with Crippen LogP contribution in [-0.4, -0.2) is 47.8 Å². The highest BCUT2D eigenvalue weighted by atomic mass is 35.5. The minimum atomic E-state index is -0.787. The maximum absolute atomic E-state index is 13.8. The number of aliphatic hydroxyl groups is 1. The Morgan fingerprint density at radius 2 is 1.96 bits per heavy atom. The first-order valence-corrected chi connectivity index (χ1v) is 9.58. The Balaban J connectivity index is 1.57. The summed E-state index contributed by atoms with van der Waals surface area (Å²) < 4.78 is 25.0. The lowest BCUT2D eigenvalue weighted by atomic mass is 10.1. The fraction of sp³-hybridized carbons (Fsp3) is 0.381. The molecule has 1 N–H and O–H groups in total. The zero-order chi connectivity index (χ0) is 20.1. The van der Waals surface area contributed by atoms with E-state index in [9.17, 15) is 14.3 Å². The van der Waals surface area contributed by atoms with Crippen molar-refractivity contribution in [2.75, 3.05) is 19.7 Å². The van der Waals surface area contributed by atoms with Crippen molar-refractivity contribution in [3.05, 3.63) is 58.9 Å². The molecule has 2 aromatic rings. The summed E-state index contributed by atoms with van der Waals surface area (Å²) in [5, 5.41) is 10.8. The van der Waals surface area contributed by atoms with Crippen LogP contribution in [0.4, 0.5) is 4.39 Å². The predicted octanol–water partition coefficient (Wildman–Crippen LogP) is 3.60. The molecule has 1 heterocycles. The molecular formula is C21H23ClFNO4. The van der Waals surface area contributed by atoms with Gasteiger partial charge in [0.05, 0.1) is 11.1 Å². The van der Waals surface area contributed by atoms with Crippen molar-refractivity contribution in [2.45, 2.75) is 32.0 Å². The molecule has 0 bridgehead atoms. The molecule has 1 fully saturated rings. The molecule has 0 radical (unpaired) electrons. The lowest BCUT2D eigenvalue weighted by Crippen LogP contribution is -2.36. The van der Waals surface area contributed by atoms with Gasteiger partial charge in [-0.05, 0) is 43.2 Å². The summed E-state index contributed by atoms with van der Waals surface area (Å²) in [6, 6.07) is 11.4. The molecule has 2 aromatic carbocycles. The van der Waals surface area contributed by atoms with Gasteiger partial charge in [0.2, 0.25) is 0 Å². The fourth-order valence-electron chi connectivity index (χ4n) is 3.10. The summed E-state index contributed by atoms with van der Waals surface area (Å²) in [5.74, 6) is -0.110. The molecule has 1 amide bonds. The number of amides is 1. The number of aryl methyl sites for hydroxylation is 1. The molecule has 0 aliphatic carbocycles. The van der Waals surface area contributed by atoms with E-state index in [0.717, 1.165) is 5.56 Å². The average Bonchev–Trinajstić information content (AvgIpc) is 2.86. The van der Waals surface area contributed by atoms with Gasteiger partial charge in [0, 0.05) is 19.5 Å². The van der Waals surface area contributed by atoms with Crippen LogP contribution in [0.1, 0.15) is 18.4 Å².